The highest BCUT2D eigenvalue weighted by Gasteiger charge is 2.38. The number of carboxylic acids is 1. The molecule has 1 saturated carbocycles. The normalized spacial score (nSPS) is 23.9. The molecule has 1 aliphatic carbocycles. The average molecular weight is 205 g/mol. The number of ether oxygens (including phenoxy) is 1. The fourth-order valence-corrected chi connectivity index (χ4v) is 2.06. The third kappa shape index (κ3) is 1.41. The predicted octanol–water partition coefficient (Wildman–Crippen LogP) is 1.76. The van der Waals surface area contributed by atoms with Crippen molar-refractivity contribution < 1.29 is 14.6 Å². The SMILES string of the molecule is O=C(O)c1cc2c(cn1)CO[C@@H]2C1CC1. The molecule has 1 fully saturated rings. The Morgan fingerprint density at radius 3 is 3.00 bits per heavy atom. The third-order valence-corrected chi connectivity index (χ3v) is 3.02. The van der Waals surface area contributed by atoms with Crippen LogP contribution in [-0.4, -0.2) is 16.1 Å². The summed E-state index contributed by atoms with van der Waals surface area (Å²) in [7, 11) is 0. The van der Waals surface area contributed by atoms with E-state index in [0.29, 0.717) is 12.5 Å². The molecule has 0 radical (unpaired) electrons. The van der Waals surface area contributed by atoms with Gasteiger partial charge in [0.15, 0.2) is 0 Å². The lowest BCUT2D eigenvalue weighted by atomic mass is 10.0. The molecule has 1 aromatic heterocycles. The monoisotopic (exact) mass is 205 g/mol. The van der Waals surface area contributed by atoms with Crippen LogP contribution in [0.1, 0.15) is 40.6 Å². The summed E-state index contributed by atoms with van der Waals surface area (Å²) in [6.45, 7) is 0.573. The number of aromatic carboxylic acids is 1. The van der Waals surface area contributed by atoms with E-state index in [9.17, 15) is 4.79 Å². The first kappa shape index (κ1) is 8.85. The summed E-state index contributed by atoms with van der Waals surface area (Å²) in [6, 6.07) is 1.66. The van der Waals surface area contributed by atoms with E-state index < -0.39 is 5.97 Å². The van der Waals surface area contributed by atoms with Crippen LogP contribution in [0.4, 0.5) is 0 Å². The summed E-state index contributed by atoms with van der Waals surface area (Å²) in [5, 5.41) is 8.85. The molecule has 2 heterocycles. The minimum Gasteiger partial charge on any atom is -0.477 e. The maximum absolute atomic E-state index is 10.8. The highest BCUT2D eigenvalue weighted by Crippen LogP contribution is 2.47. The molecule has 0 unspecified atom stereocenters. The second-order valence-electron chi connectivity index (χ2n) is 4.14. The van der Waals surface area contributed by atoms with Gasteiger partial charge < -0.3 is 9.84 Å². The number of rotatable bonds is 2. The zero-order valence-electron chi connectivity index (χ0n) is 8.14. The van der Waals surface area contributed by atoms with E-state index in [4.69, 9.17) is 9.84 Å². The zero-order valence-corrected chi connectivity index (χ0v) is 8.14. The number of carboxylic acid groups (broad SMARTS) is 1. The quantitative estimate of drug-likeness (QED) is 0.799. The first-order valence-corrected chi connectivity index (χ1v) is 5.09. The summed E-state index contributed by atoms with van der Waals surface area (Å²) in [5.41, 5.74) is 2.19. The standard InChI is InChI=1S/C11H11NO3/c13-11(14)9-3-8-7(4-12-9)5-15-10(8)6-1-2-6/h3-4,6,10H,1-2,5H2,(H,13,14)/t10-/m1/s1. The van der Waals surface area contributed by atoms with E-state index in [1.807, 2.05) is 0 Å². The van der Waals surface area contributed by atoms with Crippen molar-refractivity contribution in [1.29, 1.82) is 0 Å². The van der Waals surface area contributed by atoms with E-state index in [0.717, 1.165) is 11.1 Å². The molecule has 0 spiro atoms. The van der Waals surface area contributed by atoms with Gasteiger partial charge in [-0.2, -0.15) is 0 Å². The molecule has 0 saturated heterocycles. The van der Waals surface area contributed by atoms with E-state index >= 15 is 0 Å². The summed E-state index contributed by atoms with van der Waals surface area (Å²) in [4.78, 5) is 14.7. The molecular weight excluding hydrogens is 194 g/mol. The topological polar surface area (TPSA) is 59.4 Å². The summed E-state index contributed by atoms with van der Waals surface area (Å²) < 4.78 is 5.65. The van der Waals surface area contributed by atoms with Crippen LogP contribution in [0.5, 0.6) is 0 Å². The number of pyridine rings is 1. The van der Waals surface area contributed by atoms with Crippen LogP contribution in [0, 0.1) is 5.92 Å². The Bertz CT molecular complexity index is 426. The summed E-state index contributed by atoms with van der Waals surface area (Å²) in [5.74, 6) is -0.380. The molecule has 4 nitrogen and oxygen atoms in total. The number of carbonyl (C=O) groups is 1. The third-order valence-electron chi connectivity index (χ3n) is 3.02. The van der Waals surface area contributed by atoms with Crippen molar-refractivity contribution in [2.24, 2.45) is 5.92 Å². The second kappa shape index (κ2) is 3.03. The van der Waals surface area contributed by atoms with Crippen LogP contribution in [0.25, 0.3) is 0 Å². The second-order valence-corrected chi connectivity index (χ2v) is 4.14. The first-order valence-electron chi connectivity index (χ1n) is 5.09. The minimum atomic E-state index is -0.973. The lowest BCUT2D eigenvalue weighted by Crippen LogP contribution is -2.04. The Hall–Kier alpha value is -1.42. The van der Waals surface area contributed by atoms with Gasteiger partial charge >= 0.3 is 5.97 Å². The van der Waals surface area contributed by atoms with Crippen LogP contribution < -0.4 is 0 Å². The Labute approximate surface area is 86.9 Å². The highest BCUT2D eigenvalue weighted by molar-refractivity contribution is 5.85. The van der Waals surface area contributed by atoms with E-state index in [1.54, 1.807) is 12.3 Å². The van der Waals surface area contributed by atoms with Gasteiger partial charge in [0.25, 0.3) is 0 Å². The molecule has 1 N–H and O–H groups in total. The molecule has 3 rings (SSSR count). The molecule has 1 aliphatic heterocycles. The Morgan fingerprint density at radius 2 is 2.33 bits per heavy atom. The molecule has 1 atom stereocenters. The van der Waals surface area contributed by atoms with Crippen molar-refractivity contribution >= 4 is 5.97 Å². The van der Waals surface area contributed by atoms with Gasteiger partial charge in [0.1, 0.15) is 5.69 Å². The predicted molar refractivity (Wildman–Crippen MR) is 51.5 cm³/mol. The average Bonchev–Trinajstić information content (AvgIpc) is 2.98. The van der Waals surface area contributed by atoms with Gasteiger partial charge in [-0.3, -0.25) is 0 Å². The minimum absolute atomic E-state index is 0.112. The largest absolute Gasteiger partial charge is 0.477 e. The molecule has 1 aromatic rings. The number of hydrogen-bond acceptors (Lipinski definition) is 3. The van der Waals surface area contributed by atoms with Crippen LogP contribution in [0.15, 0.2) is 12.3 Å². The van der Waals surface area contributed by atoms with Crippen molar-refractivity contribution in [3.63, 3.8) is 0 Å². The van der Waals surface area contributed by atoms with E-state index in [1.165, 1.54) is 12.8 Å². The van der Waals surface area contributed by atoms with Crippen molar-refractivity contribution in [2.45, 2.75) is 25.6 Å². The van der Waals surface area contributed by atoms with Crippen molar-refractivity contribution in [1.82, 2.24) is 4.98 Å². The highest BCUT2D eigenvalue weighted by atomic mass is 16.5. The zero-order chi connectivity index (χ0) is 10.4. The van der Waals surface area contributed by atoms with Gasteiger partial charge in [0, 0.05) is 11.8 Å². The van der Waals surface area contributed by atoms with Crippen molar-refractivity contribution in [3.05, 3.63) is 29.1 Å². The Kier molecular flexibility index (Phi) is 1.79. The Morgan fingerprint density at radius 1 is 1.53 bits per heavy atom. The van der Waals surface area contributed by atoms with Gasteiger partial charge in [-0.05, 0) is 30.4 Å². The fraction of sp³-hybridized carbons (Fsp3) is 0.455. The van der Waals surface area contributed by atoms with Crippen LogP contribution in [0.3, 0.4) is 0 Å². The number of fused-ring (bicyclic) bond motifs is 1. The van der Waals surface area contributed by atoms with E-state index in [-0.39, 0.29) is 11.8 Å². The summed E-state index contributed by atoms with van der Waals surface area (Å²) in [6.07, 6.45) is 4.12. The summed E-state index contributed by atoms with van der Waals surface area (Å²) >= 11 is 0. The van der Waals surface area contributed by atoms with Crippen LogP contribution in [-0.2, 0) is 11.3 Å². The molecular formula is C11H11NO3. The molecule has 0 amide bonds. The Balaban J connectivity index is 2.01. The van der Waals surface area contributed by atoms with Gasteiger partial charge in [0.2, 0.25) is 0 Å². The van der Waals surface area contributed by atoms with Crippen LogP contribution in [0.2, 0.25) is 0 Å². The lowest BCUT2D eigenvalue weighted by Gasteiger charge is -2.08. The van der Waals surface area contributed by atoms with Crippen molar-refractivity contribution in [2.75, 3.05) is 0 Å². The smallest absolute Gasteiger partial charge is 0.354 e. The molecule has 15 heavy (non-hydrogen) atoms. The lowest BCUT2D eigenvalue weighted by molar-refractivity contribution is 0.0506. The number of aromatic nitrogens is 1. The fourth-order valence-electron chi connectivity index (χ4n) is 2.06. The van der Waals surface area contributed by atoms with Crippen molar-refractivity contribution in [3.8, 4) is 0 Å². The molecule has 4 heteroatoms. The maximum Gasteiger partial charge on any atom is 0.354 e. The number of nitrogens with zero attached hydrogens (tertiary/aromatic N) is 1. The van der Waals surface area contributed by atoms with Gasteiger partial charge in [-0.25, -0.2) is 9.78 Å². The van der Waals surface area contributed by atoms with Gasteiger partial charge in [-0.1, -0.05) is 0 Å². The first-order chi connectivity index (χ1) is 7.25. The molecule has 78 valence electrons. The van der Waals surface area contributed by atoms with Crippen LogP contribution >= 0.6 is 0 Å². The molecule has 0 aromatic carbocycles. The maximum atomic E-state index is 10.8. The molecule has 2 aliphatic rings. The molecule has 0 bridgehead atoms. The van der Waals surface area contributed by atoms with Gasteiger partial charge in [0.05, 0.1) is 12.7 Å². The van der Waals surface area contributed by atoms with E-state index in [2.05, 4.69) is 4.98 Å². The van der Waals surface area contributed by atoms with Gasteiger partial charge in [-0.15, -0.1) is 0 Å². The number of hydrogen-bond donors (Lipinski definition) is 1.